The van der Waals surface area contributed by atoms with Crippen molar-refractivity contribution in [1.82, 2.24) is 0 Å². The van der Waals surface area contributed by atoms with E-state index in [1.807, 2.05) is 0 Å². The van der Waals surface area contributed by atoms with Gasteiger partial charge in [-0.1, -0.05) is 0 Å². The fourth-order valence-corrected chi connectivity index (χ4v) is 1.10. The Kier molecular flexibility index (Phi) is 3.64. The lowest BCUT2D eigenvalue weighted by atomic mass is 10.00. The molecule has 0 atom stereocenters. The van der Waals surface area contributed by atoms with Gasteiger partial charge in [-0.3, -0.25) is 0 Å². The van der Waals surface area contributed by atoms with Gasteiger partial charge < -0.3 is 20.6 Å². The highest BCUT2D eigenvalue weighted by Crippen LogP contribution is 2.18. The third-order valence-electron chi connectivity index (χ3n) is 2.03. The van der Waals surface area contributed by atoms with E-state index in [1.165, 1.54) is 0 Å². The number of rotatable bonds is 4. The molecule has 1 aliphatic rings. The maximum Gasteiger partial charge on any atom is 0.341 e. The maximum atomic E-state index is 11.3. The summed E-state index contributed by atoms with van der Waals surface area (Å²) in [6, 6.07) is 0. The number of hydrogen-bond donors (Lipinski definition) is 2. The van der Waals surface area contributed by atoms with Crippen LogP contribution >= 0.6 is 0 Å². The molecule has 5 heteroatoms. The van der Waals surface area contributed by atoms with Gasteiger partial charge in [0.05, 0.1) is 25.4 Å². The van der Waals surface area contributed by atoms with Crippen LogP contribution in [0.1, 0.15) is 6.92 Å². The van der Waals surface area contributed by atoms with Gasteiger partial charge in [-0.25, -0.2) is 4.79 Å². The second-order valence-corrected chi connectivity index (χ2v) is 2.97. The largest absolute Gasteiger partial charge is 0.462 e. The van der Waals surface area contributed by atoms with Gasteiger partial charge >= 0.3 is 5.97 Å². The van der Waals surface area contributed by atoms with Crippen molar-refractivity contribution in [2.75, 3.05) is 19.8 Å². The Balaban J connectivity index is 2.75. The van der Waals surface area contributed by atoms with Crippen molar-refractivity contribution in [3.05, 3.63) is 11.3 Å². The van der Waals surface area contributed by atoms with Crippen molar-refractivity contribution >= 4 is 12.2 Å². The summed E-state index contributed by atoms with van der Waals surface area (Å²) >= 11 is 0. The van der Waals surface area contributed by atoms with Gasteiger partial charge in [-0.05, 0) is 6.92 Å². The summed E-state index contributed by atoms with van der Waals surface area (Å²) in [4.78, 5) is 11.3. The molecule has 1 fully saturated rings. The summed E-state index contributed by atoms with van der Waals surface area (Å²) < 4.78 is 9.71. The van der Waals surface area contributed by atoms with E-state index in [0.29, 0.717) is 18.9 Å². The first kappa shape index (κ1) is 10.7. The Morgan fingerprint density at radius 3 is 2.71 bits per heavy atom. The van der Waals surface area contributed by atoms with Crippen LogP contribution in [0.25, 0.3) is 0 Å². The number of hydrogen-bond acceptors (Lipinski definition) is 5. The smallest absolute Gasteiger partial charge is 0.341 e. The zero-order chi connectivity index (χ0) is 10.6. The van der Waals surface area contributed by atoms with E-state index in [1.54, 1.807) is 6.92 Å². The van der Waals surface area contributed by atoms with E-state index in [4.69, 9.17) is 20.6 Å². The Morgan fingerprint density at radius 1 is 1.71 bits per heavy atom. The van der Waals surface area contributed by atoms with E-state index in [0.717, 1.165) is 6.21 Å². The molecule has 0 bridgehead atoms. The number of carbonyl (C=O) groups excluding carboxylic acids is 1. The van der Waals surface area contributed by atoms with Crippen LogP contribution in [0.3, 0.4) is 0 Å². The number of ether oxygens (including phenoxy) is 2. The van der Waals surface area contributed by atoms with Crippen molar-refractivity contribution in [3.8, 4) is 0 Å². The van der Waals surface area contributed by atoms with Crippen LogP contribution in [0.15, 0.2) is 11.3 Å². The highest BCUT2D eigenvalue weighted by molar-refractivity contribution is 6.09. The molecule has 0 radical (unpaired) electrons. The number of nitrogens with two attached hydrogens (primary N) is 1. The minimum Gasteiger partial charge on any atom is -0.462 e. The standard InChI is InChI=1S/C9H14N2O3/c1-2-14-9(12)7(3-10)8(11)6-4-13-5-6/h3,6,10H,2,4-5,11H2,1H3. The molecule has 0 aromatic heterocycles. The van der Waals surface area contributed by atoms with E-state index in [2.05, 4.69) is 0 Å². The third kappa shape index (κ3) is 2.11. The van der Waals surface area contributed by atoms with Gasteiger partial charge in [0, 0.05) is 17.8 Å². The van der Waals surface area contributed by atoms with Crippen LogP contribution in [-0.2, 0) is 14.3 Å². The van der Waals surface area contributed by atoms with Crippen LogP contribution in [0.5, 0.6) is 0 Å². The number of nitrogens with one attached hydrogen (secondary N) is 1. The fourth-order valence-electron chi connectivity index (χ4n) is 1.10. The van der Waals surface area contributed by atoms with E-state index < -0.39 is 5.97 Å². The van der Waals surface area contributed by atoms with Crippen LogP contribution in [0.4, 0.5) is 0 Å². The molecule has 1 rings (SSSR count). The van der Waals surface area contributed by atoms with Gasteiger partial charge in [0.2, 0.25) is 0 Å². The Bertz CT molecular complexity index is 269. The van der Waals surface area contributed by atoms with Gasteiger partial charge in [0.25, 0.3) is 0 Å². The average molecular weight is 198 g/mol. The minimum atomic E-state index is -0.535. The highest BCUT2D eigenvalue weighted by atomic mass is 16.5. The van der Waals surface area contributed by atoms with Crippen LogP contribution in [0, 0.1) is 11.3 Å². The van der Waals surface area contributed by atoms with Gasteiger partial charge in [0.1, 0.15) is 0 Å². The first-order valence-electron chi connectivity index (χ1n) is 4.45. The molecule has 0 aromatic carbocycles. The molecule has 1 saturated heterocycles. The molecule has 0 aromatic rings. The molecule has 0 spiro atoms. The third-order valence-corrected chi connectivity index (χ3v) is 2.03. The molecular weight excluding hydrogens is 184 g/mol. The minimum absolute atomic E-state index is 0.0519. The topological polar surface area (TPSA) is 85.4 Å². The Labute approximate surface area is 82.4 Å². The van der Waals surface area contributed by atoms with Crippen LogP contribution in [-0.4, -0.2) is 32.0 Å². The Morgan fingerprint density at radius 2 is 2.36 bits per heavy atom. The summed E-state index contributed by atoms with van der Waals surface area (Å²) in [5, 5.41) is 7.09. The Hall–Kier alpha value is -1.36. The molecule has 1 heterocycles. The molecule has 1 aliphatic heterocycles. The first-order valence-corrected chi connectivity index (χ1v) is 4.45. The summed E-state index contributed by atoms with van der Waals surface area (Å²) in [5.41, 5.74) is 6.24. The second kappa shape index (κ2) is 4.76. The fraction of sp³-hybridized carbons (Fsp3) is 0.556. The van der Waals surface area contributed by atoms with Crippen molar-refractivity contribution < 1.29 is 14.3 Å². The predicted molar refractivity (Wildman–Crippen MR) is 50.9 cm³/mol. The quantitative estimate of drug-likeness (QED) is 0.380. The summed E-state index contributed by atoms with van der Waals surface area (Å²) in [6.07, 6.45) is 0.936. The van der Waals surface area contributed by atoms with Gasteiger partial charge in [-0.15, -0.1) is 0 Å². The van der Waals surface area contributed by atoms with Crippen LogP contribution < -0.4 is 5.73 Å². The van der Waals surface area contributed by atoms with E-state index >= 15 is 0 Å². The average Bonchev–Trinajstić information content (AvgIpc) is 2.02. The second-order valence-electron chi connectivity index (χ2n) is 2.97. The van der Waals surface area contributed by atoms with Crippen LogP contribution in [0.2, 0.25) is 0 Å². The summed E-state index contributed by atoms with van der Waals surface area (Å²) in [5.74, 6) is -0.483. The lowest BCUT2D eigenvalue weighted by molar-refractivity contribution is -0.138. The maximum absolute atomic E-state index is 11.3. The van der Waals surface area contributed by atoms with Crippen molar-refractivity contribution in [2.24, 2.45) is 11.7 Å². The number of carbonyl (C=O) groups is 1. The van der Waals surface area contributed by atoms with Crippen molar-refractivity contribution in [2.45, 2.75) is 6.92 Å². The molecule has 0 aliphatic carbocycles. The molecule has 0 unspecified atom stereocenters. The van der Waals surface area contributed by atoms with Crippen molar-refractivity contribution in [1.29, 1.82) is 5.41 Å². The molecule has 3 N–H and O–H groups in total. The monoisotopic (exact) mass is 198 g/mol. The predicted octanol–water partition coefficient (Wildman–Crippen LogP) is 0.0583. The molecule has 5 nitrogen and oxygen atoms in total. The summed E-state index contributed by atoms with van der Waals surface area (Å²) in [6.45, 7) is 3.03. The molecule has 78 valence electrons. The normalized spacial score (nSPS) is 18.1. The molecule has 0 amide bonds. The molecule has 14 heavy (non-hydrogen) atoms. The van der Waals surface area contributed by atoms with Gasteiger partial charge in [0.15, 0.2) is 0 Å². The lowest BCUT2D eigenvalue weighted by Gasteiger charge is -2.27. The molecule has 0 saturated carbocycles. The highest BCUT2D eigenvalue weighted by Gasteiger charge is 2.25. The molecular formula is C9H14N2O3. The number of esters is 1. The lowest BCUT2D eigenvalue weighted by Crippen LogP contribution is -2.34. The van der Waals surface area contributed by atoms with E-state index in [9.17, 15) is 4.79 Å². The zero-order valence-corrected chi connectivity index (χ0v) is 8.08. The summed E-state index contributed by atoms with van der Waals surface area (Å²) in [7, 11) is 0. The first-order chi connectivity index (χ1) is 6.70. The van der Waals surface area contributed by atoms with Crippen molar-refractivity contribution in [3.63, 3.8) is 0 Å². The van der Waals surface area contributed by atoms with E-state index in [-0.39, 0.29) is 18.1 Å². The van der Waals surface area contributed by atoms with Gasteiger partial charge in [-0.2, -0.15) is 0 Å². The SMILES string of the molecule is CCOC(=O)C(C=N)=C(N)C1COC1. The zero-order valence-electron chi connectivity index (χ0n) is 8.08.